The minimum Gasteiger partial charge on any atom is -0.490 e. The van der Waals surface area contributed by atoms with Crippen molar-refractivity contribution in [3.63, 3.8) is 0 Å². The molecule has 0 N–H and O–H groups in total. The Hall–Kier alpha value is -1.48. The summed E-state index contributed by atoms with van der Waals surface area (Å²) < 4.78 is 11.3. The van der Waals surface area contributed by atoms with Gasteiger partial charge in [-0.1, -0.05) is 31.2 Å². The van der Waals surface area contributed by atoms with E-state index in [0.29, 0.717) is 13.2 Å². The lowest BCUT2D eigenvalue weighted by Gasteiger charge is -2.29. The Kier molecular flexibility index (Phi) is 6.61. The Morgan fingerprint density at radius 2 is 1.95 bits per heavy atom. The molecule has 0 aliphatic carbocycles. The van der Waals surface area contributed by atoms with Gasteiger partial charge >= 0.3 is 0 Å². The zero-order valence-electron chi connectivity index (χ0n) is 13.3. The van der Waals surface area contributed by atoms with E-state index >= 15 is 0 Å². The van der Waals surface area contributed by atoms with Crippen molar-refractivity contribution in [3.8, 4) is 11.5 Å². The van der Waals surface area contributed by atoms with Gasteiger partial charge in [-0.25, -0.2) is 0 Å². The van der Waals surface area contributed by atoms with E-state index in [4.69, 9.17) is 9.47 Å². The maximum Gasteiger partial charge on any atom is 0.161 e. The van der Waals surface area contributed by atoms with Gasteiger partial charge in [0.25, 0.3) is 0 Å². The van der Waals surface area contributed by atoms with E-state index < -0.39 is 0 Å². The van der Waals surface area contributed by atoms with Gasteiger partial charge in [0.2, 0.25) is 0 Å². The molecule has 0 radical (unpaired) electrons. The number of hydrogen-bond donors (Lipinski definition) is 0. The van der Waals surface area contributed by atoms with Crippen molar-refractivity contribution in [2.75, 3.05) is 32.8 Å². The first kappa shape index (κ1) is 15.9. The summed E-state index contributed by atoms with van der Waals surface area (Å²) in [6, 6.07) is 7.82. The minimum atomic E-state index is 0.591. The molecule has 0 amide bonds. The van der Waals surface area contributed by atoms with Gasteiger partial charge < -0.3 is 9.47 Å². The van der Waals surface area contributed by atoms with Crippen LogP contribution in [-0.4, -0.2) is 37.7 Å². The van der Waals surface area contributed by atoms with Crippen LogP contribution in [0.15, 0.2) is 36.4 Å². The molecule has 1 heterocycles. The van der Waals surface area contributed by atoms with Crippen molar-refractivity contribution < 1.29 is 9.47 Å². The predicted molar refractivity (Wildman–Crippen MR) is 87.1 cm³/mol. The summed E-state index contributed by atoms with van der Waals surface area (Å²) in [6.07, 6.45) is 7.01. The quantitative estimate of drug-likeness (QED) is 0.714. The van der Waals surface area contributed by atoms with Gasteiger partial charge in [0.05, 0.1) is 6.61 Å². The molecule has 1 saturated heterocycles. The molecule has 21 heavy (non-hydrogen) atoms. The van der Waals surface area contributed by atoms with Gasteiger partial charge in [-0.2, -0.15) is 0 Å². The summed E-state index contributed by atoms with van der Waals surface area (Å²) in [4.78, 5) is 2.51. The van der Waals surface area contributed by atoms with Crippen LogP contribution in [0.1, 0.15) is 26.7 Å². The highest BCUT2D eigenvalue weighted by molar-refractivity contribution is 5.39. The fraction of sp³-hybridized carbons (Fsp3) is 0.556. The largest absolute Gasteiger partial charge is 0.490 e. The van der Waals surface area contributed by atoms with E-state index in [1.54, 1.807) is 0 Å². The maximum atomic E-state index is 5.77. The van der Waals surface area contributed by atoms with Crippen molar-refractivity contribution in [1.82, 2.24) is 4.90 Å². The molecule has 1 aromatic carbocycles. The third kappa shape index (κ3) is 5.43. The average molecular weight is 289 g/mol. The number of nitrogens with zero attached hydrogens (tertiary/aromatic N) is 1. The van der Waals surface area contributed by atoms with Crippen LogP contribution in [0.4, 0.5) is 0 Å². The first-order valence-corrected chi connectivity index (χ1v) is 8.01. The highest BCUT2D eigenvalue weighted by atomic mass is 16.5. The zero-order chi connectivity index (χ0) is 14.9. The van der Waals surface area contributed by atoms with Crippen molar-refractivity contribution in [1.29, 1.82) is 0 Å². The lowest BCUT2D eigenvalue weighted by Crippen LogP contribution is -2.34. The smallest absolute Gasteiger partial charge is 0.161 e. The van der Waals surface area contributed by atoms with Gasteiger partial charge in [0, 0.05) is 13.1 Å². The monoisotopic (exact) mass is 289 g/mol. The first-order valence-electron chi connectivity index (χ1n) is 8.01. The second kappa shape index (κ2) is 8.73. The van der Waals surface area contributed by atoms with Crippen LogP contribution < -0.4 is 9.47 Å². The number of hydrogen-bond acceptors (Lipinski definition) is 3. The average Bonchev–Trinajstić information content (AvgIpc) is 2.49. The highest BCUT2D eigenvalue weighted by Gasteiger charge is 2.14. The van der Waals surface area contributed by atoms with E-state index in [9.17, 15) is 0 Å². The number of rotatable bonds is 7. The zero-order valence-corrected chi connectivity index (χ0v) is 13.3. The normalized spacial score (nSPS) is 19.8. The van der Waals surface area contributed by atoms with Crippen molar-refractivity contribution in [3.05, 3.63) is 36.4 Å². The maximum absolute atomic E-state index is 5.77. The van der Waals surface area contributed by atoms with E-state index in [-0.39, 0.29) is 0 Å². The molecule has 3 nitrogen and oxygen atoms in total. The van der Waals surface area contributed by atoms with E-state index in [1.807, 2.05) is 31.2 Å². The van der Waals surface area contributed by atoms with E-state index in [1.165, 1.54) is 25.9 Å². The Labute approximate surface area is 128 Å². The topological polar surface area (TPSA) is 21.7 Å². The van der Waals surface area contributed by atoms with Crippen LogP contribution in [0.5, 0.6) is 11.5 Å². The molecule has 0 bridgehead atoms. The van der Waals surface area contributed by atoms with Crippen molar-refractivity contribution in [2.45, 2.75) is 26.7 Å². The Morgan fingerprint density at radius 1 is 1.19 bits per heavy atom. The molecule has 0 spiro atoms. The van der Waals surface area contributed by atoms with Gasteiger partial charge in [0.15, 0.2) is 11.5 Å². The number of benzene rings is 1. The molecular formula is C18H27NO2. The molecule has 116 valence electrons. The molecule has 0 saturated carbocycles. The number of piperidine rings is 1. The molecule has 0 unspecified atom stereocenters. The van der Waals surface area contributed by atoms with Crippen LogP contribution in [0.2, 0.25) is 0 Å². The first-order chi connectivity index (χ1) is 10.3. The molecule has 1 aliphatic rings. The van der Waals surface area contributed by atoms with Crippen LogP contribution in [0.25, 0.3) is 0 Å². The Bertz CT molecular complexity index is 445. The third-order valence-electron chi connectivity index (χ3n) is 3.76. The highest BCUT2D eigenvalue weighted by Crippen LogP contribution is 2.26. The molecule has 1 fully saturated rings. The molecule has 0 aromatic heterocycles. The molecular weight excluding hydrogens is 262 g/mol. The summed E-state index contributed by atoms with van der Waals surface area (Å²) in [5.41, 5.74) is 0. The van der Waals surface area contributed by atoms with Crippen LogP contribution >= 0.6 is 0 Å². The molecule has 1 aliphatic heterocycles. The molecule has 1 aromatic rings. The van der Waals surface area contributed by atoms with Gasteiger partial charge in [-0.15, -0.1) is 0 Å². The van der Waals surface area contributed by atoms with Gasteiger partial charge in [-0.05, 0) is 44.4 Å². The third-order valence-corrected chi connectivity index (χ3v) is 3.76. The second-order valence-electron chi connectivity index (χ2n) is 5.67. The summed E-state index contributed by atoms with van der Waals surface area (Å²) in [7, 11) is 0. The summed E-state index contributed by atoms with van der Waals surface area (Å²) >= 11 is 0. The number of ether oxygens (including phenoxy) is 2. The number of para-hydroxylation sites is 2. The number of likely N-dealkylation sites (tertiary alicyclic amines) is 1. The van der Waals surface area contributed by atoms with Gasteiger partial charge in [0.1, 0.15) is 6.61 Å². The molecule has 1 atom stereocenters. The second-order valence-corrected chi connectivity index (χ2v) is 5.67. The van der Waals surface area contributed by atoms with Crippen LogP contribution in [0, 0.1) is 5.92 Å². The Balaban J connectivity index is 1.72. The fourth-order valence-electron chi connectivity index (χ4n) is 2.73. The summed E-state index contributed by atoms with van der Waals surface area (Å²) in [5, 5.41) is 0. The van der Waals surface area contributed by atoms with Crippen LogP contribution in [0.3, 0.4) is 0 Å². The predicted octanol–water partition coefficient (Wildman–Crippen LogP) is 3.75. The summed E-state index contributed by atoms with van der Waals surface area (Å²) in [6.45, 7) is 9.04. The summed E-state index contributed by atoms with van der Waals surface area (Å²) in [5.74, 6) is 2.47. The van der Waals surface area contributed by atoms with E-state index in [2.05, 4.69) is 24.0 Å². The van der Waals surface area contributed by atoms with Crippen LogP contribution in [-0.2, 0) is 0 Å². The standard InChI is InChI=1S/C18H27NO2/c1-3-20-17-10-4-5-11-18(17)21-14-7-6-12-19-13-8-9-16(2)15-19/h4-7,10-11,16H,3,8-9,12-15H2,1-2H3/b7-6+/t16-/m1/s1. The molecule has 2 rings (SSSR count). The van der Waals surface area contributed by atoms with Gasteiger partial charge in [-0.3, -0.25) is 4.90 Å². The van der Waals surface area contributed by atoms with Crippen molar-refractivity contribution >= 4 is 0 Å². The fourth-order valence-corrected chi connectivity index (χ4v) is 2.73. The minimum absolute atomic E-state index is 0.591. The van der Waals surface area contributed by atoms with Crippen molar-refractivity contribution in [2.24, 2.45) is 5.92 Å². The lowest BCUT2D eigenvalue weighted by atomic mass is 10.0. The molecule has 3 heteroatoms. The SMILES string of the molecule is CCOc1ccccc1OC/C=C/CN1CCC[C@@H](C)C1. The Morgan fingerprint density at radius 3 is 2.67 bits per heavy atom. The lowest BCUT2D eigenvalue weighted by molar-refractivity contribution is 0.201. The van der Waals surface area contributed by atoms with E-state index in [0.717, 1.165) is 24.0 Å².